The number of urea groups is 1. The molecule has 2 aromatic carbocycles. The first-order valence-corrected chi connectivity index (χ1v) is 10.2. The molecule has 0 aliphatic rings. The van der Waals surface area contributed by atoms with Gasteiger partial charge in [0.1, 0.15) is 0 Å². The maximum atomic E-state index is 12.7. The number of para-hydroxylation sites is 1. The normalized spacial score (nSPS) is 11.1. The lowest BCUT2D eigenvalue weighted by Crippen LogP contribution is -2.29. The van der Waals surface area contributed by atoms with Gasteiger partial charge in [0.15, 0.2) is 0 Å². The zero-order valence-electron chi connectivity index (χ0n) is 17.6. The highest BCUT2D eigenvalue weighted by molar-refractivity contribution is 5.91. The van der Waals surface area contributed by atoms with Gasteiger partial charge in [-0.25, -0.2) is 9.78 Å². The van der Waals surface area contributed by atoms with Crippen LogP contribution in [0.15, 0.2) is 61.2 Å². The molecule has 1 aromatic heterocycles. The first kappa shape index (κ1) is 20.6. The van der Waals surface area contributed by atoms with Crippen molar-refractivity contribution < 1.29 is 4.79 Å². The summed E-state index contributed by atoms with van der Waals surface area (Å²) in [5.74, 6) is 0.666. The highest BCUT2D eigenvalue weighted by Crippen LogP contribution is 2.32. The molecule has 2 N–H and O–H groups in total. The Bertz CT molecular complexity index is 919. The largest absolute Gasteiger partial charge is 0.334 e. The van der Waals surface area contributed by atoms with E-state index < -0.39 is 0 Å². The molecule has 0 aliphatic carbocycles. The summed E-state index contributed by atoms with van der Waals surface area (Å²) in [7, 11) is 0. The molecule has 1 heterocycles. The number of nitrogens with zero attached hydrogens (tertiary/aromatic N) is 2. The highest BCUT2D eigenvalue weighted by Gasteiger charge is 2.16. The van der Waals surface area contributed by atoms with Gasteiger partial charge >= 0.3 is 6.03 Å². The summed E-state index contributed by atoms with van der Waals surface area (Å²) in [6.45, 7) is 9.79. The zero-order chi connectivity index (χ0) is 20.8. The SMILES string of the molecule is CC(C)c1cccc(C(C)C)c1NC(=O)NCc1ccccc1Cn1ccnc1. The van der Waals surface area contributed by atoms with Crippen molar-refractivity contribution in [2.45, 2.75) is 52.6 Å². The van der Waals surface area contributed by atoms with Crippen LogP contribution in [0.25, 0.3) is 0 Å². The topological polar surface area (TPSA) is 59.0 Å². The first-order valence-electron chi connectivity index (χ1n) is 10.2. The molecule has 152 valence electrons. The Morgan fingerprint density at radius 2 is 1.62 bits per heavy atom. The predicted octanol–water partition coefficient (Wildman–Crippen LogP) is 5.50. The number of aromatic nitrogens is 2. The van der Waals surface area contributed by atoms with E-state index >= 15 is 0 Å². The average molecular weight is 391 g/mol. The maximum Gasteiger partial charge on any atom is 0.319 e. The number of hydrogen-bond acceptors (Lipinski definition) is 2. The second-order valence-corrected chi connectivity index (χ2v) is 7.93. The van der Waals surface area contributed by atoms with E-state index in [0.717, 1.165) is 34.5 Å². The number of amides is 2. The summed E-state index contributed by atoms with van der Waals surface area (Å²) in [6, 6.07) is 14.2. The van der Waals surface area contributed by atoms with Crippen molar-refractivity contribution in [1.82, 2.24) is 14.9 Å². The molecule has 2 amide bonds. The summed E-state index contributed by atoms with van der Waals surface area (Å²) in [4.78, 5) is 16.8. The van der Waals surface area contributed by atoms with Crippen molar-refractivity contribution in [1.29, 1.82) is 0 Å². The standard InChI is InChI=1S/C24H30N4O/c1-17(2)21-10-7-11-22(18(3)4)23(21)27-24(29)26-14-19-8-5-6-9-20(19)15-28-13-12-25-16-28/h5-13,16-18H,14-15H2,1-4H3,(H2,26,27,29). The minimum atomic E-state index is -0.183. The molecule has 5 heteroatoms. The van der Waals surface area contributed by atoms with Crippen LogP contribution in [0.1, 0.15) is 61.8 Å². The van der Waals surface area contributed by atoms with Crippen molar-refractivity contribution in [3.63, 3.8) is 0 Å². The second kappa shape index (κ2) is 9.41. The third-order valence-electron chi connectivity index (χ3n) is 5.08. The molecular formula is C24H30N4O. The summed E-state index contributed by atoms with van der Waals surface area (Å²) < 4.78 is 2.02. The highest BCUT2D eigenvalue weighted by atomic mass is 16.2. The van der Waals surface area contributed by atoms with Crippen molar-refractivity contribution in [2.24, 2.45) is 0 Å². The minimum absolute atomic E-state index is 0.183. The molecule has 0 bridgehead atoms. The van der Waals surface area contributed by atoms with Crippen LogP contribution in [-0.2, 0) is 13.1 Å². The number of anilines is 1. The molecule has 5 nitrogen and oxygen atoms in total. The summed E-state index contributed by atoms with van der Waals surface area (Å²) in [5.41, 5.74) is 5.51. The van der Waals surface area contributed by atoms with E-state index in [1.54, 1.807) is 12.5 Å². The molecule has 0 saturated carbocycles. The number of hydrogen-bond donors (Lipinski definition) is 2. The van der Waals surface area contributed by atoms with Gasteiger partial charge in [0.2, 0.25) is 0 Å². The van der Waals surface area contributed by atoms with Crippen LogP contribution in [0.2, 0.25) is 0 Å². The van der Waals surface area contributed by atoms with Crippen molar-refractivity contribution in [3.8, 4) is 0 Å². The van der Waals surface area contributed by atoms with Gasteiger partial charge in [-0.3, -0.25) is 0 Å². The van der Waals surface area contributed by atoms with E-state index in [0.29, 0.717) is 18.4 Å². The van der Waals surface area contributed by atoms with Crippen molar-refractivity contribution >= 4 is 11.7 Å². The number of benzene rings is 2. The number of rotatable bonds is 7. The fourth-order valence-electron chi connectivity index (χ4n) is 3.49. The average Bonchev–Trinajstić information content (AvgIpc) is 3.20. The summed E-state index contributed by atoms with van der Waals surface area (Å²) in [6.07, 6.45) is 5.51. The third kappa shape index (κ3) is 5.25. The van der Waals surface area contributed by atoms with Crippen LogP contribution in [-0.4, -0.2) is 15.6 Å². The summed E-state index contributed by atoms with van der Waals surface area (Å²) in [5, 5.41) is 6.14. The number of carbonyl (C=O) groups excluding carboxylic acids is 1. The Balaban J connectivity index is 1.72. The van der Waals surface area contributed by atoms with Crippen LogP contribution < -0.4 is 10.6 Å². The molecule has 0 atom stereocenters. The van der Waals surface area contributed by atoms with Gasteiger partial charge in [0.05, 0.1) is 6.33 Å². The Kier molecular flexibility index (Phi) is 6.70. The van der Waals surface area contributed by atoms with E-state index in [1.165, 1.54) is 0 Å². The molecule has 0 unspecified atom stereocenters. The molecule has 3 rings (SSSR count). The molecule has 0 saturated heterocycles. The second-order valence-electron chi connectivity index (χ2n) is 7.93. The van der Waals surface area contributed by atoms with Crippen LogP contribution in [0.3, 0.4) is 0 Å². The lowest BCUT2D eigenvalue weighted by molar-refractivity contribution is 0.251. The molecule has 0 fully saturated rings. The number of nitrogens with one attached hydrogen (secondary N) is 2. The van der Waals surface area contributed by atoms with Crippen LogP contribution in [0, 0.1) is 0 Å². The van der Waals surface area contributed by atoms with Crippen LogP contribution >= 0.6 is 0 Å². The molecule has 0 spiro atoms. The van der Waals surface area contributed by atoms with Gasteiger partial charge in [0.25, 0.3) is 0 Å². The van der Waals surface area contributed by atoms with E-state index in [4.69, 9.17) is 0 Å². The fourth-order valence-corrected chi connectivity index (χ4v) is 3.49. The van der Waals surface area contributed by atoms with E-state index in [9.17, 15) is 4.79 Å². The fraction of sp³-hybridized carbons (Fsp3) is 0.333. The maximum absolute atomic E-state index is 12.7. The third-order valence-corrected chi connectivity index (χ3v) is 5.08. The Morgan fingerprint density at radius 1 is 0.966 bits per heavy atom. The van der Waals surface area contributed by atoms with E-state index in [1.807, 2.05) is 29.0 Å². The quantitative estimate of drug-likeness (QED) is 0.560. The zero-order valence-corrected chi connectivity index (χ0v) is 17.6. The van der Waals surface area contributed by atoms with E-state index in [2.05, 4.69) is 67.6 Å². The van der Waals surface area contributed by atoms with Crippen molar-refractivity contribution in [3.05, 3.63) is 83.4 Å². The van der Waals surface area contributed by atoms with Gasteiger partial charge < -0.3 is 15.2 Å². The number of carbonyl (C=O) groups is 1. The molecule has 3 aromatic rings. The number of imidazole rings is 1. The Morgan fingerprint density at radius 3 is 2.21 bits per heavy atom. The van der Waals surface area contributed by atoms with Gasteiger partial charge in [-0.2, -0.15) is 0 Å². The smallest absolute Gasteiger partial charge is 0.319 e. The predicted molar refractivity (Wildman–Crippen MR) is 118 cm³/mol. The Labute approximate surface area is 173 Å². The van der Waals surface area contributed by atoms with Crippen LogP contribution in [0.5, 0.6) is 0 Å². The lowest BCUT2D eigenvalue weighted by Gasteiger charge is -2.20. The van der Waals surface area contributed by atoms with Gasteiger partial charge in [0, 0.05) is 31.2 Å². The Hall–Kier alpha value is -3.08. The lowest BCUT2D eigenvalue weighted by atomic mass is 9.93. The summed E-state index contributed by atoms with van der Waals surface area (Å²) >= 11 is 0. The monoisotopic (exact) mass is 390 g/mol. The first-order chi connectivity index (χ1) is 14.0. The van der Waals surface area contributed by atoms with Gasteiger partial charge in [-0.1, -0.05) is 70.2 Å². The van der Waals surface area contributed by atoms with Gasteiger partial charge in [-0.05, 0) is 34.1 Å². The van der Waals surface area contributed by atoms with E-state index in [-0.39, 0.29) is 6.03 Å². The molecule has 0 aliphatic heterocycles. The molecule has 0 radical (unpaired) electrons. The van der Waals surface area contributed by atoms with Crippen molar-refractivity contribution in [2.75, 3.05) is 5.32 Å². The minimum Gasteiger partial charge on any atom is -0.334 e. The molecular weight excluding hydrogens is 360 g/mol. The van der Waals surface area contributed by atoms with Gasteiger partial charge in [-0.15, -0.1) is 0 Å². The van der Waals surface area contributed by atoms with Crippen LogP contribution in [0.4, 0.5) is 10.5 Å². The molecule has 29 heavy (non-hydrogen) atoms.